The smallest absolute Gasteiger partial charge is 0.254 e. The van der Waals surface area contributed by atoms with E-state index in [-0.39, 0.29) is 11.8 Å². The van der Waals surface area contributed by atoms with E-state index in [0.717, 1.165) is 51.6 Å². The highest BCUT2D eigenvalue weighted by Gasteiger charge is 2.30. The Labute approximate surface area is 256 Å². The van der Waals surface area contributed by atoms with Gasteiger partial charge >= 0.3 is 0 Å². The molecular formula is C36H37N5O3. The molecule has 0 unspecified atom stereocenters. The first-order valence-corrected chi connectivity index (χ1v) is 14.9. The number of hydrogen-bond donors (Lipinski definition) is 3. The topological polar surface area (TPSA) is 112 Å². The molecule has 1 aliphatic heterocycles. The van der Waals surface area contributed by atoms with Gasteiger partial charge < -0.3 is 25.8 Å². The molecule has 8 heteroatoms. The second-order valence-electron chi connectivity index (χ2n) is 12.2. The van der Waals surface area contributed by atoms with Crippen LogP contribution in [0.15, 0.2) is 78.9 Å². The van der Waals surface area contributed by atoms with Gasteiger partial charge in [-0.3, -0.25) is 14.4 Å². The van der Waals surface area contributed by atoms with Gasteiger partial charge in [0.25, 0.3) is 11.8 Å². The van der Waals surface area contributed by atoms with Crippen LogP contribution in [0.3, 0.4) is 0 Å². The second kappa shape index (κ2) is 11.3. The predicted octanol–water partition coefficient (Wildman–Crippen LogP) is 5.70. The molecule has 6 rings (SSSR count). The molecule has 1 aliphatic rings. The van der Waals surface area contributed by atoms with Gasteiger partial charge in [-0.1, -0.05) is 54.6 Å². The van der Waals surface area contributed by atoms with Crippen LogP contribution in [0.5, 0.6) is 0 Å². The van der Waals surface area contributed by atoms with Crippen molar-refractivity contribution in [3.05, 3.63) is 101 Å². The van der Waals surface area contributed by atoms with Gasteiger partial charge in [-0.25, -0.2) is 0 Å². The van der Waals surface area contributed by atoms with Crippen LogP contribution in [0.4, 0.5) is 5.69 Å². The number of anilines is 1. The van der Waals surface area contributed by atoms with E-state index in [2.05, 4.69) is 22.2 Å². The average molecular weight is 588 g/mol. The number of benzene rings is 4. The summed E-state index contributed by atoms with van der Waals surface area (Å²) in [5.74, 6) is -0.655. The lowest BCUT2D eigenvalue weighted by Crippen LogP contribution is -2.47. The summed E-state index contributed by atoms with van der Waals surface area (Å²) >= 11 is 0. The number of primary amides is 1. The van der Waals surface area contributed by atoms with Crippen LogP contribution in [0.25, 0.3) is 32.9 Å². The summed E-state index contributed by atoms with van der Waals surface area (Å²) in [5, 5.41) is 4.88. The van der Waals surface area contributed by atoms with Crippen molar-refractivity contribution in [3.63, 3.8) is 0 Å². The SMILES string of the molecule is Cc1c(NC(=O)C(C)(C)c2ccccc2)cccc1-c1ccc(C(N)=O)c2[nH]c3cc(C(=O)N4CCN(C)CC4)ccc3c12. The van der Waals surface area contributed by atoms with E-state index in [9.17, 15) is 14.4 Å². The molecular weight excluding hydrogens is 550 g/mol. The Kier molecular flexibility index (Phi) is 7.47. The number of piperazine rings is 1. The number of nitrogens with zero attached hydrogens (tertiary/aromatic N) is 2. The molecule has 0 saturated carbocycles. The van der Waals surface area contributed by atoms with Gasteiger partial charge in [0, 0.05) is 53.7 Å². The van der Waals surface area contributed by atoms with Crippen molar-refractivity contribution in [3.8, 4) is 11.1 Å². The number of aromatic amines is 1. The maximum absolute atomic E-state index is 13.5. The summed E-state index contributed by atoms with van der Waals surface area (Å²) in [6.45, 7) is 8.86. The molecule has 1 saturated heterocycles. The number of nitrogens with one attached hydrogen (secondary N) is 2. The average Bonchev–Trinajstić information content (AvgIpc) is 3.41. The Balaban J connectivity index is 1.42. The molecule has 4 aromatic carbocycles. The van der Waals surface area contributed by atoms with Crippen molar-refractivity contribution in [2.45, 2.75) is 26.2 Å². The third-order valence-electron chi connectivity index (χ3n) is 8.99. The summed E-state index contributed by atoms with van der Waals surface area (Å²) in [7, 11) is 2.06. The normalized spacial score (nSPS) is 14.2. The number of aromatic nitrogens is 1. The number of rotatable bonds is 6. The number of amides is 3. The minimum atomic E-state index is -0.740. The van der Waals surface area contributed by atoms with Crippen LogP contribution in [0, 0.1) is 6.92 Å². The van der Waals surface area contributed by atoms with E-state index in [1.807, 2.05) is 98.5 Å². The summed E-state index contributed by atoms with van der Waals surface area (Å²) in [4.78, 5) is 46.8. The number of hydrogen-bond acceptors (Lipinski definition) is 4. The number of nitrogens with two attached hydrogens (primary N) is 1. The molecule has 44 heavy (non-hydrogen) atoms. The quantitative estimate of drug-likeness (QED) is 0.237. The Morgan fingerprint density at radius 3 is 2.30 bits per heavy atom. The minimum Gasteiger partial charge on any atom is -0.366 e. The van der Waals surface area contributed by atoms with Gasteiger partial charge in [0.15, 0.2) is 0 Å². The number of carbonyl (C=O) groups excluding carboxylic acids is 3. The highest BCUT2D eigenvalue weighted by atomic mass is 16.2. The lowest BCUT2D eigenvalue weighted by molar-refractivity contribution is -0.120. The minimum absolute atomic E-state index is 0.00767. The van der Waals surface area contributed by atoms with Gasteiger partial charge in [0.05, 0.1) is 16.5 Å². The maximum atomic E-state index is 13.5. The van der Waals surface area contributed by atoms with E-state index in [1.165, 1.54) is 0 Å². The van der Waals surface area contributed by atoms with Crippen LogP contribution >= 0.6 is 0 Å². The number of likely N-dealkylation sites (N-methyl/N-ethyl adjacent to an activating group) is 1. The zero-order valence-electron chi connectivity index (χ0n) is 25.5. The Morgan fingerprint density at radius 2 is 1.59 bits per heavy atom. The Hall–Kier alpha value is -4.95. The molecule has 8 nitrogen and oxygen atoms in total. The molecule has 224 valence electrons. The Morgan fingerprint density at radius 1 is 0.864 bits per heavy atom. The molecule has 1 fully saturated rings. The van der Waals surface area contributed by atoms with Gasteiger partial charge in [-0.2, -0.15) is 0 Å². The highest BCUT2D eigenvalue weighted by molar-refractivity contribution is 6.20. The molecule has 3 amide bonds. The standard InChI is InChI=1S/C36H37N5O3/c1-22-25(11-8-12-29(22)39-35(44)36(2,3)24-9-6-5-7-10-24)26-15-16-28(33(37)42)32-31(26)27-14-13-23(21-30(27)38-32)34(43)41-19-17-40(4)18-20-41/h5-16,21,38H,17-20H2,1-4H3,(H2,37,42)(H,39,44). The van der Waals surface area contributed by atoms with E-state index in [4.69, 9.17) is 5.73 Å². The van der Waals surface area contributed by atoms with Crippen LogP contribution in [-0.4, -0.2) is 65.7 Å². The molecule has 4 N–H and O–H groups in total. The largest absolute Gasteiger partial charge is 0.366 e. The van der Waals surface area contributed by atoms with E-state index in [0.29, 0.717) is 35.4 Å². The molecule has 2 heterocycles. The molecule has 0 spiro atoms. The van der Waals surface area contributed by atoms with Crippen molar-refractivity contribution in [2.75, 3.05) is 38.5 Å². The molecule has 0 aliphatic carbocycles. The summed E-state index contributed by atoms with van der Waals surface area (Å²) in [6.07, 6.45) is 0. The van der Waals surface area contributed by atoms with Gasteiger partial charge in [-0.05, 0) is 74.3 Å². The van der Waals surface area contributed by atoms with Crippen molar-refractivity contribution in [1.29, 1.82) is 0 Å². The van der Waals surface area contributed by atoms with Crippen LogP contribution in [0.1, 0.15) is 45.7 Å². The lowest BCUT2D eigenvalue weighted by Gasteiger charge is -2.32. The fourth-order valence-corrected chi connectivity index (χ4v) is 6.09. The zero-order valence-corrected chi connectivity index (χ0v) is 25.5. The van der Waals surface area contributed by atoms with E-state index < -0.39 is 11.3 Å². The Bertz CT molecular complexity index is 1920. The summed E-state index contributed by atoms with van der Waals surface area (Å²) in [5.41, 5.74) is 11.8. The first-order valence-electron chi connectivity index (χ1n) is 14.9. The first kappa shape index (κ1) is 29.1. The second-order valence-corrected chi connectivity index (χ2v) is 12.2. The zero-order chi connectivity index (χ0) is 31.2. The van der Waals surface area contributed by atoms with E-state index >= 15 is 0 Å². The highest BCUT2D eigenvalue weighted by Crippen LogP contribution is 2.39. The summed E-state index contributed by atoms with van der Waals surface area (Å²) < 4.78 is 0. The predicted molar refractivity (Wildman–Crippen MR) is 176 cm³/mol. The van der Waals surface area contributed by atoms with Crippen molar-refractivity contribution in [1.82, 2.24) is 14.8 Å². The van der Waals surface area contributed by atoms with Gasteiger partial charge in [0.1, 0.15) is 0 Å². The molecule has 5 aromatic rings. The monoisotopic (exact) mass is 587 g/mol. The number of carbonyl (C=O) groups is 3. The first-order chi connectivity index (χ1) is 21.1. The van der Waals surface area contributed by atoms with Crippen LogP contribution < -0.4 is 11.1 Å². The van der Waals surface area contributed by atoms with Crippen LogP contribution in [-0.2, 0) is 10.2 Å². The van der Waals surface area contributed by atoms with Crippen molar-refractivity contribution in [2.24, 2.45) is 5.73 Å². The molecule has 0 radical (unpaired) electrons. The lowest BCUT2D eigenvalue weighted by atomic mass is 9.83. The molecule has 0 atom stereocenters. The number of H-pyrrole nitrogens is 1. The molecule has 0 bridgehead atoms. The maximum Gasteiger partial charge on any atom is 0.254 e. The van der Waals surface area contributed by atoms with Gasteiger partial charge in [-0.15, -0.1) is 0 Å². The fraction of sp³-hybridized carbons (Fsp3) is 0.250. The van der Waals surface area contributed by atoms with Crippen molar-refractivity contribution < 1.29 is 14.4 Å². The van der Waals surface area contributed by atoms with E-state index in [1.54, 1.807) is 6.07 Å². The third kappa shape index (κ3) is 5.11. The summed E-state index contributed by atoms with van der Waals surface area (Å²) in [6, 6.07) is 24.8. The van der Waals surface area contributed by atoms with Crippen molar-refractivity contribution >= 4 is 45.2 Å². The number of fused-ring (bicyclic) bond motifs is 3. The van der Waals surface area contributed by atoms with Crippen LogP contribution in [0.2, 0.25) is 0 Å². The third-order valence-corrected chi connectivity index (χ3v) is 8.99. The fourth-order valence-electron chi connectivity index (χ4n) is 6.09. The molecule has 1 aromatic heterocycles. The van der Waals surface area contributed by atoms with Gasteiger partial charge in [0.2, 0.25) is 5.91 Å².